The molecular weight excluding hydrogens is 234 g/mol. The Bertz CT molecular complexity index is 649. The van der Waals surface area contributed by atoms with Crippen LogP contribution in [-0.2, 0) is 0 Å². The van der Waals surface area contributed by atoms with Crippen molar-refractivity contribution >= 4 is 17.4 Å². The van der Waals surface area contributed by atoms with Crippen molar-refractivity contribution in [1.82, 2.24) is 24.8 Å². The highest BCUT2D eigenvalue weighted by atomic mass is 32.2. The largest absolute Gasteiger partial charge is 0.264 e. The minimum atomic E-state index is 0.712. The molecule has 0 spiro atoms. The third kappa shape index (κ3) is 1.76. The van der Waals surface area contributed by atoms with E-state index in [1.165, 1.54) is 0 Å². The van der Waals surface area contributed by atoms with Gasteiger partial charge in [-0.3, -0.25) is 4.98 Å². The zero-order chi connectivity index (χ0) is 11.7. The summed E-state index contributed by atoms with van der Waals surface area (Å²) in [5.41, 5.74) is 1.65. The molecule has 0 atom stereocenters. The molecule has 0 unspecified atom stereocenters. The van der Waals surface area contributed by atoms with Crippen molar-refractivity contribution in [2.75, 3.05) is 6.26 Å². The molecule has 17 heavy (non-hydrogen) atoms. The molecule has 0 aliphatic carbocycles. The number of nitrogens with zero attached hydrogens (tertiary/aromatic N) is 5. The topological polar surface area (TPSA) is 56.0 Å². The number of hydrogen-bond donors (Lipinski definition) is 0. The first kappa shape index (κ1) is 10.2. The molecule has 0 N–H and O–H groups in total. The van der Waals surface area contributed by atoms with E-state index in [0.717, 1.165) is 16.2 Å². The van der Waals surface area contributed by atoms with E-state index < -0.39 is 0 Å². The molecule has 0 saturated carbocycles. The van der Waals surface area contributed by atoms with Gasteiger partial charge in [0.05, 0.1) is 0 Å². The zero-order valence-corrected chi connectivity index (χ0v) is 9.92. The molecule has 0 aliphatic heterocycles. The Morgan fingerprint density at radius 3 is 2.88 bits per heavy atom. The molecule has 0 radical (unpaired) electrons. The van der Waals surface area contributed by atoms with Gasteiger partial charge >= 0.3 is 0 Å². The SMILES string of the molecule is CSc1ccc2nnc(-c3cccnc3)n2n1. The van der Waals surface area contributed by atoms with Crippen LogP contribution in [0.2, 0.25) is 0 Å². The lowest BCUT2D eigenvalue weighted by molar-refractivity contribution is 0.861. The van der Waals surface area contributed by atoms with Gasteiger partial charge in [0.25, 0.3) is 0 Å². The first-order valence-electron chi connectivity index (χ1n) is 5.05. The summed E-state index contributed by atoms with van der Waals surface area (Å²) in [5.74, 6) is 0.712. The van der Waals surface area contributed by atoms with Crippen molar-refractivity contribution in [3.63, 3.8) is 0 Å². The maximum atomic E-state index is 4.46. The van der Waals surface area contributed by atoms with Crippen molar-refractivity contribution in [3.05, 3.63) is 36.7 Å². The normalized spacial score (nSPS) is 10.9. The third-order valence-electron chi connectivity index (χ3n) is 2.37. The Balaban J connectivity index is 2.23. The summed E-state index contributed by atoms with van der Waals surface area (Å²) in [7, 11) is 0. The summed E-state index contributed by atoms with van der Waals surface area (Å²) in [4.78, 5) is 4.08. The summed E-state index contributed by atoms with van der Waals surface area (Å²) in [6.45, 7) is 0. The van der Waals surface area contributed by atoms with E-state index in [1.807, 2.05) is 30.5 Å². The molecule has 6 heteroatoms. The van der Waals surface area contributed by atoms with Crippen LogP contribution in [0.1, 0.15) is 0 Å². The number of rotatable bonds is 2. The molecule has 0 fully saturated rings. The Labute approximate surface area is 102 Å². The fraction of sp³-hybridized carbons (Fsp3) is 0.0909. The van der Waals surface area contributed by atoms with Crippen LogP contribution in [0.3, 0.4) is 0 Å². The van der Waals surface area contributed by atoms with E-state index in [2.05, 4.69) is 20.3 Å². The lowest BCUT2D eigenvalue weighted by atomic mass is 10.3. The molecule has 3 rings (SSSR count). The van der Waals surface area contributed by atoms with Crippen LogP contribution >= 0.6 is 11.8 Å². The first-order valence-corrected chi connectivity index (χ1v) is 6.28. The van der Waals surface area contributed by atoms with Gasteiger partial charge < -0.3 is 0 Å². The monoisotopic (exact) mass is 243 g/mol. The fourth-order valence-electron chi connectivity index (χ4n) is 1.56. The minimum Gasteiger partial charge on any atom is -0.264 e. The van der Waals surface area contributed by atoms with Crippen molar-refractivity contribution in [1.29, 1.82) is 0 Å². The van der Waals surface area contributed by atoms with E-state index in [1.54, 1.807) is 28.7 Å². The van der Waals surface area contributed by atoms with E-state index in [9.17, 15) is 0 Å². The van der Waals surface area contributed by atoms with Gasteiger partial charge in [-0.25, -0.2) is 0 Å². The molecule has 0 amide bonds. The van der Waals surface area contributed by atoms with E-state index in [4.69, 9.17) is 0 Å². The second kappa shape index (κ2) is 4.14. The number of fused-ring (bicyclic) bond motifs is 1. The molecule has 0 aromatic carbocycles. The van der Waals surface area contributed by atoms with E-state index in [-0.39, 0.29) is 0 Å². The predicted octanol–water partition coefficient (Wildman–Crippen LogP) is 1.91. The summed E-state index contributed by atoms with van der Waals surface area (Å²) in [6, 6.07) is 7.65. The van der Waals surface area contributed by atoms with Gasteiger partial charge in [0, 0.05) is 18.0 Å². The number of pyridine rings is 1. The second-order valence-corrected chi connectivity index (χ2v) is 4.24. The molecule has 3 aromatic heterocycles. The van der Waals surface area contributed by atoms with Gasteiger partial charge in [-0.05, 0) is 30.5 Å². The second-order valence-electron chi connectivity index (χ2n) is 3.41. The highest BCUT2D eigenvalue weighted by Crippen LogP contribution is 2.18. The van der Waals surface area contributed by atoms with Crippen molar-refractivity contribution in [2.24, 2.45) is 0 Å². The Morgan fingerprint density at radius 1 is 1.18 bits per heavy atom. The highest BCUT2D eigenvalue weighted by molar-refractivity contribution is 7.98. The lowest BCUT2D eigenvalue weighted by Crippen LogP contribution is -1.96. The number of thioether (sulfide) groups is 1. The Morgan fingerprint density at radius 2 is 2.12 bits per heavy atom. The maximum absolute atomic E-state index is 4.46. The van der Waals surface area contributed by atoms with Crippen LogP contribution in [0.15, 0.2) is 41.7 Å². The number of aromatic nitrogens is 5. The van der Waals surface area contributed by atoms with Gasteiger partial charge in [0.1, 0.15) is 5.03 Å². The average molecular weight is 243 g/mol. The molecule has 0 bridgehead atoms. The molecule has 3 aromatic rings. The van der Waals surface area contributed by atoms with Crippen LogP contribution in [0.4, 0.5) is 0 Å². The van der Waals surface area contributed by atoms with E-state index >= 15 is 0 Å². The van der Waals surface area contributed by atoms with Crippen molar-refractivity contribution < 1.29 is 0 Å². The van der Waals surface area contributed by atoms with E-state index in [0.29, 0.717) is 5.82 Å². The number of hydrogen-bond acceptors (Lipinski definition) is 5. The highest BCUT2D eigenvalue weighted by Gasteiger charge is 2.09. The average Bonchev–Trinajstić information content (AvgIpc) is 2.82. The van der Waals surface area contributed by atoms with Crippen LogP contribution in [0.25, 0.3) is 17.0 Å². The predicted molar refractivity (Wildman–Crippen MR) is 65.8 cm³/mol. The Hall–Kier alpha value is -1.95. The molecular formula is C11H9N5S. The van der Waals surface area contributed by atoms with Crippen molar-refractivity contribution in [2.45, 2.75) is 5.03 Å². The van der Waals surface area contributed by atoms with Crippen LogP contribution < -0.4 is 0 Å². The van der Waals surface area contributed by atoms with Gasteiger partial charge in [0.15, 0.2) is 11.5 Å². The fourth-order valence-corrected chi connectivity index (χ4v) is 1.92. The molecule has 0 saturated heterocycles. The maximum Gasteiger partial charge on any atom is 0.186 e. The molecule has 3 heterocycles. The summed E-state index contributed by atoms with van der Waals surface area (Å²) in [5, 5.41) is 13.6. The van der Waals surface area contributed by atoms with Gasteiger partial charge in [0.2, 0.25) is 0 Å². The molecule has 84 valence electrons. The van der Waals surface area contributed by atoms with Gasteiger partial charge in [-0.1, -0.05) is 0 Å². The zero-order valence-electron chi connectivity index (χ0n) is 9.11. The first-order chi connectivity index (χ1) is 8.38. The smallest absolute Gasteiger partial charge is 0.186 e. The van der Waals surface area contributed by atoms with Gasteiger partial charge in [-0.15, -0.1) is 22.0 Å². The molecule has 0 aliphatic rings. The molecule has 5 nitrogen and oxygen atoms in total. The Kier molecular flexibility index (Phi) is 2.49. The van der Waals surface area contributed by atoms with Gasteiger partial charge in [-0.2, -0.15) is 9.61 Å². The minimum absolute atomic E-state index is 0.712. The van der Waals surface area contributed by atoms with Crippen LogP contribution in [0.5, 0.6) is 0 Å². The summed E-state index contributed by atoms with van der Waals surface area (Å²) < 4.78 is 1.74. The standard InChI is InChI=1S/C11H9N5S/c1-17-10-5-4-9-13-14-11(16(9)15-10)8-3-2-6-12-7-8/h2-7H,1H3. The summed E-state index contributed by atoms with van der Waals surface area (Å²) in [6.07, 6.45) is 5.47. The summed E-state index contributed by atoms with van der Waals surface area (Å²) >= 11 is 1.59. The van der Waals surface area contributed by atoms with Crippen molar-refractivity contribution in [3.8, 4) is 11.4 Å². The quantitative estimate of drug-likeness (QED) is 0.643. The van der Waals surface area contributed by atoms with Crippen LogP contribution in [0, 0.1) is 0 Å². The third-order valence-corrected chi connectivity index (χ3v) is 3.00. The van der Waals surface area contributed by atoms with Crippen LogP contribution in [-0.4, -0.2) is 31.1 Å². The lowest BCUT2D eigenvalue weighted by Gasteiger charge is -1.99.